The summed E-state index contributed by atoms with van der Waals surface area (Å²) in [4.78, 5) is -0.0208. The fraction of sp³-hybridized carbons (Fsp3) is 0.0714. The SMILES string of the molecule is Cc1c(Cl)ccc(S(=O)(=O)Nc2cccc3cn[nH]c23)c1Cl. The third kappa shape index (κ3) is 2.54. The van der Waals surface area contributed by atoms with Crippen LogP contribution in [0.2, 0.25) is 10.0 Å². The third-order valence-electron chi connectivity index (χ3n) is 3.30. The van der Waals surface area contributed by atoms with Crippen molar-refractivity contribution < 1.29 is 8.42 Å². The molecule has 0 amide bonds. The van der Waals surface area contributed by atoms with Crippen LogP contribution in [0.3, 0.4) is 0 Å². The normalized spacial score (nSPS) is 11.8. The first-order valence-electron chi connectivity index (χ1n) is 6.29. The number of para-hydroxylation sites is 1. The highest BCUT2D eigenvalue weighted by Gasteiger charge is 2.21. The molecule has 0 aliphatic heterocycles. The van der Waals surface area contributed by atoms with Gasteiger partial charge in [0.05, 0.1) is 22.4 Å². The number of nitrogens with one attached hydrogen (secondary N) is 2. The van der Waals surface area contributed by atoms with Gasteiger partial charge in [0.2, 0.25) is 0 Å². The lowest BCUT2D eigenvalue weighted by atomic mass is 10.2. The number of aromatic nitrogens is 2. The molecule has 0 aliphatic carbocycles. The Hall–Kier alpha value is -1.76. The summed E-state index contributed by atoms with van der Waals surface area (Å²) in [5, 5.41) is 8.00. The number of aromatic amines is 1. The molecule has 3 aromatic rings. The van der Waals surface area contributed by atoms with Crippen LogP contribution in [0.4, 0.5) is 5.69 Å². The van der Waals surface area contributed by atoms with Crippen molar-refractivity contribution in [2.45, 2.75) is 11.8 Å². The second-order valence-corrected chi connectivity index (χ2v) is 7.17. The van der Waals surface area contributed by atoms with Gasteiger partial charge in [-0.05, 0) is 30.7 Å². The van der Waals surface area contributed by atoms with Crippen LogP contribution < -0.4 is 4.72 Å². The van der Waals surface area contributed by atoms with Crippen LogP contribution in [0.5, 0.6) is 0 Å². The van der Waals surface area contributed by atoms with Crippen molar-refractivity contribution in [2.24, 2.45) is 0 Å². The molecule has 2 N–H and O–H groups in total. The number of halogens is 2. The number of sulfonamides is 1. The van der Waals surface area contributed by atoms with E-state index in [2.05, 4.69) is 14.9 Å². The molecule has 2 aromatic carbocycles. The minimum absolute atomic E-state index is 0.0208. The fourth-order valence-corrected chi connectivity index (χ4v) is 3.98. The molecular formula is C14H11Cl2N3O2S. The van der Waals surface area contributed by atoms with Gasteiger partial charge in [-0.25, -0.2) is 8.42 Å². The molecule has 1 heterocycles. The second kappa shape index (κ2) is 5.46. The quantitative estimate of drug-likeness (QED) is 0.745. The number of benzene rings is 2. The van der Waals surface area contributed by atoms with Gasteiger partial charge in [0.15, 0.2) is 0 Å². The Morgan fingerprint density at radius 2 is 1.95 bits per heavy atom. The number of hydrogen-bond donors (Lipinski definition) is 2. The molecule has 0 spiro atoms. The summed E-state index contributed by atoms with van der Waals surface area (Å²) >= 11 is 12.1. The number of hydrogen-bond acceptors (Lipinski definition) is 3. The summed E-state index contributed by atoms with van der Waals surface area (Å²) < 4.78 is 27.7. The zero-order valence-electron chi connectivity index (χ0n) is 11.4. The van der Waals surface area contributed by atoms with Gasteiger partial charge < -0.3 is 0 Å². The van der Waals surface area contributed by atoms with Crippen LogP contribution in [-0.2, 0) is 10.0 Å². The van der Waals surface area contributed by atoms with Crippen molar-refractivity contribution >= 4 is 49.8 Å². The molecule has 0 atom stereocenters. The highest BCUT2D eigenvalue weighted by Crippen LogP contribution is 2.32. The largest absolute Gasteiger partial charge is 0.277 e. The Balaban J connectivity index is 2.08. The molecule has 8 heteroatoms. The number of nitrogens with zero attached hydrogens (tertiary/aromatic N) is 1. The van der Waals surface area contributed by atoms with Crippen molar-refractivity contribution in [1.29, 1.82) is 0 Å². The lowest BCUT2D eigenvalue weighted by molar-refractivity contribution is 0.601. The van der Waals surface area contributed by atoms with Gasteiger partial charge in [-0.3, -0.25) is 9.82 Å². The van der Waals surface area contributed by atoms with E-state index in [-0.39, 0.29) is 9.92 Å². The highest BCUT2D eigenvalue weighted by atomic mass is 35.5. The molecule has 22 heavy (non-hydrogen) atoms. The van der Waals surface area contributed by atoms with Crippen LogP contribution in [0.1, 0.15) is 5.56 Å². The Labute approximate surface area is 137 Å². The van der Waals surface area contributed by atoms with Crippen LogP contribution in [0, 0.1) is 6.92 Å². The van der Waals surface area contributed by atoms with Gasteiger partial charge in [0, 0.05) is 10.4 Å². The number of anilines is 1. The van der Waals surface area contributed by atoms with Crippen LogP contribution in [0.15, 0.2) is 41.4 Å². The average Bonchev–Trinajstić information content (AvgIpc) is 2.94. The second-order valence-electron chi connectivity index (χ2n) is 4.73. The van der Waals surface area contributed by atoms with E-state index in [1.54, 1.807) is 25.3 Å². The Bertz CT molecular complexity index is 967. The van der Waals surface area contributed by atoms with Crippen LogP contribution >= 0.6 is 23.2 Å². The minimum Gasteiger partial charge on any atom is -0.277 e. The number of rotatable bonds is 3. The first-order valence-corrected chi connectivity index (χ1v) is 8.53. The maximum atomic E-state index is 12.6. The summed E-state index contributed by atoms with van der Waals surface area (Å²) in [6.45, 7) is 1.67. The first kappa shape index (κ1) is 15.1. The van der Waals surface area contributed by atoms with Gasteiger partial charge in [-0.1, -0.05) is 35.3 Å². The summed E-state index contributed by atoms with van der Waals surface area (Å²) in [6, 6.07) is 8.11. The van der Waals surface area contributed by atoms with E-state index in [1.807, 2.05) is 6.07 Å². The molecule has 114 valence electrons. The van der Waals surface area contributed by atoms with Gasteiger partial charge in [-0.15, -0.1) is 0 Å². The average molecular weight is 356 g/mol. The Morgan fingerprint density at radius 3 is 2.73 bits per heavy atom. The molecule has 0 radical (unpaired) electrons. The van der Waals surface area contributed by atoms with Gasteiger partial charge in [0.25, 0.3) is 10.0 Å². The van der Waals surface area contributed by atoms with Crippen molar-refractivity contribution in [3.63, 3.8) is 0 Å². The summed E-state index contributed by atoms with van der Waals surface area (Å²) in [6.07, 6.45) is 1.62. The maximum Gasteiger partial charge on any atom is 0.263 e. The Kier molecular flexibility index (Phi) is 3.76. The summed E-state index contributed by atoms with van der Waals surface area (Å²) in [5.41, 5.74) is 1.53. The zero-order valence-corrected chi connectivity index (χ0v) is 13.7. The summed E-state index contributed by atoms with van der Waals surface area (Å²) in [5.74, 6) is 0. The zero-order chi connectivity index (χ0) is 15.9. The van der Waals surface area contributed by atoms with Crippen molar-refractivity contribution in [1.82, 2.24) is 10.2 Å². The molecular weight excluding hydrogens is 345 g/mol. The van der Waals surface area contributed by atoms with Gasteiger partial charge in [-0.2, -0.15) is 5.10 Å². The number of fused-ring (bicyclic) bond motifs is 1. The van der Waals surface area contributed by atoms with Crippen LogP contribution in [-0.4, -0.2) is 18.6 Å². The molecule has 1 aromatic heterocycles. The fourth-order valence-electron chi connectivity index (χ4n) is 2.10. The monoisotopic (exact) mass is 355 g/mol. The first-order chi connectivity index (χ1) is 10.4. The third-order valence-corrected chi connectivity index (χ3v) is 5.71. The predicted octanol–water partition coefficient (Wildman–Crippen LogP) is 3.98. The van der Waals surface area contributed by atoms with E-state index in [9.17, 15) is 8.42 Å². The van der Waals surface area contributed by atoms with Crippen LogP contribution in [0.25, 0.3) is 10.9 Å². The maximum absolute atomic E-state index is 12.6. The molecule has 5 nitrogen and oxygen atoms in total. The summed E-state index contributed by atoms with van der Waals surface area (Å²) in [7, 11) is -3.84. The molecule has 0 aliphatic rings. The molecule has 0 saturated carbocycles. The van der Waals surface area contributed by atoms with E-state index in [1.165, 1.54) is 12.1 Å². The minimum atomic E-state index is -3.84. The van der Waals surface area contributed by atoms with Crippen molar-refractivity contribution in [2.75, 3.05) is 4.72 Å². The topological polar surface area (TPSA) is 74.8 Å². The molecule has 0 saturated heterocycles. The lowest BCUT2D eigenvalue weighted by Crippen LogP contribution is -2.14. The lowest BCUT2D eigenvalue weighted by Gasteiger charge is -2.12. The number of H-pyrrole nitrogens is 1. The van der Waals surface area contributed by atoms with Gasteiger partial charge >= 0.3 is 0 Å². The van der Waals surface area contributed by atoms with Gasteiger partial charge in [0.1, 0.15) is 4.90 Å². The van der Waals surface area contributed by atoms with Crippen molar-refractivity contribution in [3.8, 4) is 0 Å². The smallest absolute Gasteiger partial charge is 0.263 e. The molecule has 0 fully saturated rings. The highest BCUT2D eigenvalue weighted by molar-refractivity contribution is 7.92. The standard InChI is InChI=1S/C14H11Cl2N3O2S/c1-8-10(15)5-6-12(13(8)16)22(20,21)19-11-4-2-3-9-7-17-18-14(9)11/h2-7,19H,1H3,(H,17,18). The van der Waals surface area contributed by atoms with E-state index < -0.39 is 10.0 Å². The van der Waals surface area contributed by atoms with Crippen molar-refractivity contribution in [3.05, 3.63) is 52.1 Å². The van der Waals surface area contributed by atoms with E-state index in [4.69, 9.17) is 23.2 Å². The molecule has 0 unspecified atom stereocenters. The molecule has 0 bridgehead atoms. The van der Waals surface area contributed by atoms with E-state index in [0.29, 0.717) is 21.8 Å². The Morgan fingerprint density at radius 1 is 1.18 bits per heavy atom. The molecule has 3 rings (SSSR count). The van der Waals surface area contributed by atoms with E-state index >= 15 is 0 Å². The van der Waals surface area contributed by atoms with E-state index in [0.717, 1.165) is 5.39 Å². The predicted molar refractivity (Wildman–Crippen MR) is 88.1 cm³/mol.